The first-order valence-electron chi connectivity index (χ1n) is 6.41. The molecule has 0 aromatic heterocycles. The van der Waals surface area contributed by atoms with Crippen LogP contribution in [0.4, 0.5) is 5.69 Å². The van der Waals surface area contributed by atoms with E-state index in [-0.39, 0.29) is 0 Å². The van der Waals surface area contributed by atoms with E-state index in [1.807, 2.05) is 18.2 Å². The van der Waals surface area contributed by atoms with Crippen molar-refractivity contribution in [1.29, 1.82) is 0 Å². The summed E-state index contributed by atoms with van der Waals surface area (Å²) in [5, 5.41) is 3.55. The average Bonchev–Trinajstić information content (AvgIpc) is 2.60. The maximum atomic E-state index is 5.76. The summed E-state index contributed by atoms with van der Waals surface area (Å²) in [5.74, 6) is 0.774. The van der Waals surface area contributed by atoms with E-state index >= 15 is 0 Å². The van der Waals surface area contributed by atoms with Gasteiger partial charge in [-0.15, -0.1) is 0 Å². The van der Waals surface area contributed by atoms with Crippen molar-refractivity contribution in [1.82, 2.24) is 5.32 Å². The first-order valence-corrected chi connectivity index (χ1v) is 6.41. The Labute approximate surface area is 105 Å². The Morgan fingerprint density at radius 3 is 2.35 bits per heavy atom. The van der Waals surface area contributed by atoms with Crippen molar-refractivity contribution in [3.63, 3.8) is 0 Å². The molecule has 1 aromatic rings. The number of rotatable bonds is 4. The third kappa shape index (κ3) is 2.19. The summed E-state index contributed by atoms with van der Waals surface area (Å²) in [6.45, 7) is 11.4. The van der Waals surface area contributed by atoms with E-state index in [9.17, 15) is 0 Å². The summed E-state index contributed by atoms with van der Waals surface area (Å²) in [6, 6.07) is 8.09. The fraction of sp³-hybridized carbons (Fsp3) is 0.600. The predicted molar refractivity (Wildman–Crippen MR) is 73.6 cm³/mol. The Hall–Kier alpha value is -1.02. The van der Waals surface area contributed by atoms with E-state index < -0.39 is 0 Å². The molecule has 3 N–H and O–H groups in total. The number of nitrogen functional groups attached to an aromatic ring is 1. The van der Waals surface area contributed by atoms with Gasteiger partial charge in [-0.1, -0.05) is 39.8 Å². The lowest BCUT2D eigenvalue weighted by atomic mass is 10.0. The van der Waals surface area contributed by atoms with Gasteiger partial charge in [-0.25, -0.2) is 0 Å². The Morgan fingerprint density at radius 2 is 1.82 bits per heavy atom. The monoisotopic (exact) mass is 232 g/mol. The number of nitrogens with one attached hydrogen (secondary N) is 1. The van der Waals surface area contributed by atoms with Crippen molar-refractivity contribution in [2.45, 2.75) is 34.2 Å². The molecular weight excluding hydrogens is 208 g/mol. The molecule has 1 saturated carbocycles. The lowest BCUT2D eigenvalue weighted by Crippen LogP contribution is -2.18. The minimum absolute atomic E-state index is 0.468. The van der Waals surface area contributed by atoms with Gasteiger partial charge in [0.1, 0.15) is 0 Å². The van der Waals surface area contributed by atoms with Crippen LogP contribution >= 0.6 is 0 Å². The highest BCUT2D eigenvalue weighted by Crippen LogP contribution is 2.67. The summed E-state index contributed by atoms with van der Waals surface area (Å²) in [5.41, 5.74) is 8.81. The molecule has 2 heteroatoms. The van der Waals surface area contributed by atoms with Crippen LogP contribution in [0.15, 0.2) is 24.3 Å². The SMILES string of the molecule is CC1(C)C(CNCc2cccc(N)c2)C1(C)C. The highest BCUT2D eigenvalue weighted by molar-refractivity contribution is 5.40. The van der Waals surface area contributed by atoms with E-state index in [1.54, 1.807) is 0 Å². The minimum Gasteiger partial charge on any atom is -0.399 e. The van der Waals surface area contributed by atoms with Crippen LogP contribution in [0.1, 0.15) is 33.3 Å². The maximum Gasteiger partial charge on any atom is 0.0317 e. The number of hydrogen-bond acceptors (Lipinski definition) is 2. The van der Waals surface area contributed by atoms with E-state index in [0.29, 0.717) is 10.8 Å². The summed E-state index contributed by atoms with van der Waals surface area (Å²) in [4.78, 5) is 0. The van der Waals surface area contributed by atoms with Gasteiger partial charge in [0, 0.05) is 12.2 Å². The van der Waals surface area contributed by atoms with Crippen molar-refractivity contribution >= 4 is 5.69 Å². The molecule has 2 nitrogen and oxygen atoms in total. The third-order valence-electron chi connectivity index (χ3n) is 4.95. The van der Waals surface area contributed by atoms with Crippen LogP contribution in [0.25, 0.3) is 0 Å². The Bertz CT molecular complexity index is 393. The molecule has 1 aromatic carbocycles. The summed E-state index contributed by atoms with van der Waals surface area (Å²) < 4.78 is 0. The normalized spacial score (nSPS) is 21.4. The molecule has 0 saturated heterocycles. The molecule has 1 fully saturated rings. The zero-order valence-corrected chi connectivity index (χ0v) is 11.4. The zero-order chi connectivity index (χ0) is 12.7. The summed E-state index contributed by atoms with van der Waals surface area (Å²) >= 11 is 0. The van der Waals surface area contributed by atoms with Crippen LogP contribution in [0, 0.1) is 16.7 Å². The number of anilines is 1. The molecule has 1 aliphatic carbocycles. The van der Waals surface area contributed by atoms with Gasteiger partial charge in [0.2, 0.25) is 0 Å². The predicted octanol–water partition coefficient (Wildman–Crippen LogP) is 3.04. The molecule has 17 heavy (non-hydrogen) atoms. The van der Waals surface area contributed by atoms with Crippen molar-refractivity contribution in [2.24, 2.45) is 16.7 Å². The lowest BCUT2D eigenvalue weighted by molar-refractivity contribution is 0.457. The first kappa shape index (κ1) is 12.4. The van der Waals surface area contributed by atoms with E-state index in [1.165, 1.54) is 5.56 Å². The Balaban J connectivity index is 1.82. The maximum absolute atomic E-state index is 5.76. The Morgan fingerprint density at radius 1 is 1.18 bits per heavy atom. The van der Waals surface area contributed by atoms with E-state index in [2.05, 4.69) is 39.1 Å². The second-order valence-electron chi connectivity index (χ2n) is 6.37. The molecule has 0 aliphatic heterocycles. The molecule has 0 amide bonds. The van der Waals surface area contributed by atoms with Crippen LogP contribution in [-0.4, -0.2) is 6.54 Å². The van der Waals surface area contributed by atoms with Gasteiger partial charge >= 0.3 is 0 Å². The van der Waals surface area contributed by atoms with Crippen LogP contribution in [0.5, 0.6) is 0 Å². The second kappa shape index (κ2) is 4.02. The van der Waals surface area contributed by atoms with Crippen LogP contribution in [0.2, 0.25) is 0 Å². The zero-order valence-electron chi connectivity index (χ0n) is 11.4. The first-order chi connectivity index (χ1) is 7.85. The van der Waals surface area contributed by atoms with Crippen LogP contribution in [-0.2, 0) is 6.54 Å². The largest absolute Gasteiger partial charge is 0.399 e. The van der Waals surface area contributed by atoms with Crippen LogP contribution < -0.4 is 11.1 Å². The second-order valence-corrected chi connectivity index (χ2v) is 6.37. The molecule has 94 valence electrons. The van der Waals surface area contributed by atoms with Gasteiger partial charge in [0.25, 0.3) is 0 Å². The molecule has 1 aliphatic rings. The molecule has 2 rings (SSSR count). The van der Waals surface area contributed by atoms with Gasteiger partial charge in [-0.05, 0) is 41.0 Å². The topological polar surface area (TPSA) is 38.0 Å². The average molecular weight is 232 g/mol. The molecule has 0 radical (unpaired) electrons. The van der Waals surface area contributed by atoms with Gasteiger partial charge < -0.3 is 11.1 Å². The third-order valence-corrected chi connectivity index (χ3v) is 4.95. The van der Waals surface area contributed by atoms with Crippen molar-refractivity contribution in [3.05, 3.63) is 29.8 Å². The highest BCUT2D eigenvalue weighted by atomic mass is 14.9. The number of benzene rings is 1. The molecule has 0 spiro atoms. The van der Waals surface area contributed by atoms with E-state index in [0.717, 1.165) is 24.7 Å². The lowest BCUT2D eigenvalue weighted by Gasteiger charge is -2.06. The van der Waals surface area contributed by atoms with Gasteiger partial charge in [0.15, 0.2) is 0 Å². The fourth-order valence-corrected chi connectivity index (χ4v) is 2.91. The fourth-order valence-electron chi connectivity index (χ4n) is 2.91. The summed E-state index contributed by atoms with van der Waals surface area (Å²) in [7, 11) is 0. The minimum atomic E-state index is 0.468. The standard InChI is InChI=1S/C15H24N2/c1-14(2)13(15(14,3)4)10-17-9-11-6-5-7-12(16)8-11/h5-8,13,17H,9-10,16H2,1-4H3. The van der Waals surface area contributed by atoms with Gasteiger partial charge in [-0.2, -0.15) is 0 Å². The number of hydrogen-bond donors (Lipinski definition) is 2. The van der Waals surface area contributed by atoms with Gasteiger partial charge in [-0.3, -0.25) is 0 Å². The smallest absolute Gasteiger partial charge is 0.0317 e. The van der Waals surface area contributed by atoms with Crippen molar-refractivity contribution in [3.8, 4) is 0 Å². The van der Waals surface area contributed by atoms with Crippen molar-refractivity contribution in [2.75, 3.05) is 12.3 Å². The Kier molecular flexibility index (Phi) is 2.94. The number of nitrogens with two attached hydrogens (primary N) is 1. The molecule has 0 atom stereocenters. The van der Waals surface area contributed by atoms with E-state index in [4.69, 9.17) is 5.73 Å². The van der Waals surface area contributed by atoms with Gasteiger partial charge in [0.05, 0.1) is 0 Å². The summed E-state index contributed by atoms with van der Waals surface area (Å²) in [6.07, 6.45) is 0. The molecule has 0 bridgehead atoms. The molecule has 0 heterocycles. The quantitative estimate of drug-likeness (QED) is 0.783. The molecule has 0 unspecified atom stereocenters. The highest BCUT2D eigenvalue weighted by Gasteiger charge is 2.63. The molecular formula is C15H24N2. The van der Waals surface area contributed by atoms with Crippen LogP contribution in [0.3, 0.4) is 0 Å². The van der Waals surface area contributed by atoms with Crippen molar-refractivity contribution < 1.29 is 0 Å².